The molecule has 0 bridgehead atoms. The summed E-state index contributed by atoms with van der Waals surface area (Å²) in [5, 5.41) is 11.2. The maximum atomic E-state index is 13.4. The minimum Gasteiger partial charge on any atom is -0.321 e. The highest BCUT2D eigenvalue weighted by Crippen LogP contribution is 2.29. The van der Waals surface area contributed by atoms with E-state index >= 15 is 0 Å². The van der Waals surface area contributed by atoms with Gasteiger partial charge >= 0.3 is 0 Å². The summed E-state index contributed by atoms with van der Waals surface area (Å²) in [6.45, 7) is 3.76. The average Bonchev–Trinajstić information content (AvgIpc) is 3.51. The third kappa shape index (κ3) is 8.69. The summed E-state index contributed by atoms with van der Waals surface area (Å²) in [4.78, 5) is 44.5. The number of carbonyl (C=O) groups excluding carboxylic acids is 3. The Balaban J connectivity index is 1.21. The van der Waals surface area contributed by atoms with E-state index in [-0.39, 0.29) is 17.5 Å². The van der Waals surface area contributed by atoms with Gasteiger partial charge < -0.3 is 16.0 Å². The number of halogens is 1. The molecule has 0 saturated carbocycles. The van der Waals surface area contributed by atoms with E-state index in [0.717, 1.165) is 27.3 Å². The zero-order valence-electron chi connectivity index (χ0n) is 24.4. The first-order valence-electron chi connectivity index (χ1n) is 14.0. The molecular weight excluding hydrogens is 624 g/mol. The van der Waals surface area contributed by atoms with Gasteiger partial charge in [0.2, 0.25) is 5.91 Å². The molecule has 7 nitrogen and oxygen atoms in total. The summed E-state index contributed by atoms with van der Waals surface area (Å²) in [5.74, 6) is -1.02. The van der Waals surface area contributed by atoms with Gasteiger partial charge in [-0.2, -0.15) is 0 Å². The van der Waals surface area contributed by atoms with Crippen LogP contribution in [0.25, 0.3) is 17.3 Å². The Morgan fingerprint density at radius 2 is 1.56 bits per heavy atom. The fraction of sp³-hybridized carbons (Fsp3) is 0.0857. The number of nitrogens with zero attached hydrogens (tertiary/aromatic N) is 1. The molecule has 1 unspecified atom stereocenters. The third-order valence-corrected chi connectivity index (χ3v) is 8.81. The van der Waals surface area contributed by atoms with Crippen LogP contribution >= 0.6 is 34.7 Å². The van der Waals surface area contributed by atoms with Crippen molar-refractivity contribution in [2.45, 2.75) is 24.0 Å². The summed E-state index contributed by atoms with van der Waals surface area (Å²) in [7, 11) is 0. The van der Waals surface area contributed by atoms with Gasteiger partial charge in [0, 0.05) is 32.1 Å². The molecule has 45 heavy (non-hydrogen) atoms. The molecule has 0 aliphatic heterocycles. The van der Waals surface area contributed by atoms with E-state index in [0.29, 0.717) is 21.4 Å². The number of amides is 3. The van der Waals surface area contributed by atoms with E-state index in [1.54, 1.807) is 54.6 Å². The maximum absolute atomic E-state index is 13.4. The van der Waals surface area contributed by atoms with Crippen LogP contribution in [-0.2, 0) is 9.59 Å². The molecule has 0 saturated heterocycles. The molecule has 0 aliphatic carbocycles. The molecule has 4 aromatic carbocycles. The first kappa shape index (κ1) is 31.7. The Morgan fingerprint density at radius 1 is 0.867 bits per heavy atom. The number of aryl methyl sites for hydroxylation is 1. The lowest BCUT2D eigenvalue weighted by Crippen LogP contribution is -2.30. The van der Waals surface area contributed by atoms with E-state index in [1.165, 1.54) is 23.1 Å². The molecule has 5 aromatic rings. The topological polar surface area (TPSA) is 100 Å². The number of anilines is 2. The first-order valence-corrected chi connectivity index (χ1v) is 16.1. The highest BCUT2D eigenvalue weighted by atomic mass is 35.5. The number of hydrogen-bond donors (Lipinski definition) is 3. The van der Waals surface area contributed by atoms with Crippen LogP contribution in [0, 0.1) is 6.92 Å². The molecule has 5 rings (SSSR count). The minimum absolute atomic E-state index is 0.114. The molecule has 0 aliphatic rings. The number of nitrogens with one attached hydrogen (secondary N) is 3. The Hall–Kier alpha value is -4.70. The van der Waals surface area contributed by atoms with E-state index in [2.05, 4.69) is 20.9 Å². The van der Waals surface area contributed by atoms with Gasteiger partial charge in [-0.25, -0.2) is 4.98 Å². The van der Waals surface area contributed by atoms with E-state index < -0.39 is 11.2 Å². The van der Waals surface area contributed by atoms with E-state index in [1.807, 2.05) is 73.8 Å². The van der Waals surface area contributed by atoms with E-state index in [9.17, 15) is 14.4 Å². The van der Waals surface area contributed by atoms with Gasteiger partial charge in [-0.15, -0.1) is 23.1 Å². The van der Waals surface area contributed by atoms with Crippen molar-refractivity contribution in [2.75, 3.05) is 10.6 Å². The Kier molecular flexibility index (Phi) is 10.5. The molecule has 3 amide bonds. The second kappa shape index (κ2) is 14.9. The summed E-state index contributed by atoms with van der Waals surface area (Å²) >= 11 is 8.72. The molecule has 0 radical (unpaired) electrons. The maximum Gasteiger partial charge on any atom is 0.272 e. The number of hydrogen-bond acceptors (Lipinski definition) is 6. The van der Waals surface area contributed by atoms with Crippen molar-refractivity contribution >= 4 is 69.3 Å². The van der Waals surface area contributed by atoms with E-state index in [4.69, 9.17) is 11.6 Å². The number of thiazole rings is 1. The van der Waals surface area contributed by atoms with Crippen LogP contribution in [0.3, 0.4) is 0 Å². The van der Waals surface area contributed by atoms with Crippen LogP contribution in [0.15, 0.2) is 119 Å². The zero-order chi connectivity index (χ0) is 31.8. The molecule has 226 valence electrons. The number of thioether (sulfide) groups is 1. The summed E-state index contributed by atoms with van der Waals surface area (Å²) in [6, 6.07) is 30.9. The minimum atomic E-state index is -0.461. The van der Waals surface area contributed by atoms with Crippen molar-refractivity contribution in [1.82, 2.24) is 10.3 Å². The van der Waals surface area contributed by atoms with Gasteiger partial charge in [-0.1, -0.05) is 66.2 Å². The van der Waals surface area contributed by atoms with Crippen LogP contribution in [0.4, 0.5) is 10.8 Å². The second-order valence-corrected chi connectivity index (χ2v) is 12.7. The van der Waals surface area contributed by atoms with Crippen LogP contribution in [0.5, 0.6) is 0 Å². The van der Waals surface area contributed by atoms with Gasteiger partial charge in [-0.05, 0) is 79.6 Å². The molecule has 1 atom stereocenters. The summed E-state index contributed by atoms with van der Waals surface area (Å²) in [5.41, 5.74) is 4.56. The van der Waals surface area contributed by atoms with Gasteiger partial charge in [-0.3, -0.25) is 14.4 Å². The summed E-state index contributed by atoms with van der Waals surface area (Å²) < 4.78 is 0. The molecular formula is C35H29ClN4O3S2. The molecule has 0 fully saturated rings. The van der Waals surface area contributed by atoms with Crippen molar-refractivity contribution in [3.05, 3.63) is 136 Å². The highest BCUT2D eigenvalue weighted by Gasteiger charge is 2.18. The van der Waals surface area contributed by atoms with Crippen LogP contribution < -0.4 is 16.0 Å². The number of benzene rings is 4. The number of rotatable bonds is 10. The van der Waals surface area contributed by atoms with Crippen molar-refractivity contribution < 1.29 is 14.4 Å². The van der Waals surface area contributed by atoms with Gasteiger partial charge in [0.05, 0.1) is 10.9 Å². The normalized spacial score (nSPS) is 11.8. The molecule has 1 heterocycles. The molecule has 3 N–H and O–H groups in total. The highest BCUT2D eigenvalue weighted by molar-refractivity contribution is 8.00. The number of carbonyl (C=O) groups is 3. The molecule has 0 spiro atoms. The van der Waals surface area contributed by atoms with Gasteiger partial charge in [0.15, 0.2) is 5.13 Å². The Morgan fingerprint density at radius 3 is 2.27 bits per heavy atom. The predicted octanol–water partition coefficient (Wildman–Crippen LogP) is 8.30. The second-order valence-electron chi connectivity index (χ2n) is 10.0. The smallest absolute Gasteiger partial charge is 0.272 e. The van der Waals surface area contributed by atoms with Crippen molar-refractivity contribution in [1.29, 1.82) is 0 Å². The van der Waals surface area contributed by atoms with Crippen LogP contribution in [0.2, 0.25) is 5.02 Å². The lowest BCUT2D eigenvalue weighted by Gasteiger charge is -2.13. The molecule has 1 aromatic heterocycles. The summed E-state index contributed by atoms with van der Waals surface area (Å²) in [6.07, 6.45) is 1.66. The monoisotopic (exact) mass is 652 g/mol. The Labute approximate surface area is 274 Å². The SMILES string of the molecule is Cc1ccccc1/C=C(\NC(=O)c1ccccc1)C(=O)Nc1ccc(SC(C)C(=O)Nc2nc(-c3ccc(Cl)cc3)cs2)cc1. The van der Waals surface area contributed by atoms with Crippen molar-refractivity contribution in [3.63, 3.8) is 0 Å². The molecule has 10 heteroatoms. The van der Waals surface area contributed by atoms with Gasteiger partial charge in [0.25, 0.3) is 11.8 Å². The zero-order valence-corrected chi connectivity index (χ0v) is 26.8. The van der Waals surface area contributed by atoms with Crippen molar-refractivity contribution in [3.8, 4) is 11.3 Å². The number of aromatic nitrogens is 1. The van der Waals surface area contributed by atoms with Crippen molar-refractivity contribution in [2.24, 2.45) is 0 Å². The van der Waals surface area contributed by atoms with Crippen LogP contribution in [0.1, 0.15) is 28.4 Å². The first-order chi connectivity index (χ1) is 21.7. The largest absolute Gasteiger partial charge is 0.321 e. The standard InChI is InChI=1S/C35H29ClN4O3S2/c1-22-8-6-7-11-26(22)20-30(38-33(42)25-9-4-3-5-10-25)34(43)37-28-16-18-29(19-17-28)45-23(2)32(41)40-35-39-31(21-44-35)24-12-14-27(36)15-13-24/h3-21,23H,1-2H3,(H,37,43)(H,38,42)(H,39,40,41)/b30-20-. The van der Waals surface area contributed by atoms with Gasteiger partial charge in [0.1, 0.15) is 5.70 Å². The predicted molar refractivity (Wildman–Crippen MR) is 185 cm³/mol. The lowest BCUT2D eigenvalue weighted by molar-refractivity contribution is -0.115. The quantitative estimate of drug-likeness (QED) is 0.104. The average molecular weight is 653 g/mol. The fourth-order valence-electron chi connectivity index (χ4n) is 4.21. The Bertz CT molecular complexity index is 1840. The van der Waals surface area contributed by atoms with Crippen LogP contribution in [-0.4, -0.2) is 28.0 Å². The third-order valence-electron chi connectivity index (χ3n) is 6.69. The fourth-order valence-corrected chi connectivity index (χ4v) is 5.93. The lowest BCUT2D eigenvalue weighted by atomic mass is 10.1.